The quantitative estimate of drug-likeness (QED) is 0.170. The molecule has 2 heterocycles. The maximum atomic E-state index is 10.6. The number of nitriles is 1. The molecule has 2 atom stereocenters. The maximum absolute atomic E-state index is 10.6. The zero-order chi connectivity index (χ0) is 31.3. The third-order valence-corrected chi connectivity index (χ3v) is 10.8. The van der Waals surface area contributed by atoms with Gasteiger partial charge in [-0.25, -0.2) is 9.75 Å². The molecular weight excluding hydrogens is 587 g/mol. The van der Waals surface area contributed by atoms with E-state index >= 15 is 0 Å². The Balaban J connectivity index is 1.48. The van der Waals surface area contributed by atoms with E-state index in [1.807, 2.05) is 109 Å². The molecule has 8 heteroatoms. The number of rotatable bonds is 7. The number of hydrogen-bond donors (Lipinski definition) is 0. The smallest absolute Gasteiger partial charge is 0.327 e. The van der Waals surface area contributed by atoms with E-state index in [2.05, 4.69) is 43.4 Å². The molecule has 0 amide bonds. The number of ether oxygens (including phenoxy) is 1. The fourth-order valence-corrected chi connectivity index (χ4v) is 8.69. The number of benzene rings is 4. The van der Waals surface area contributed by atoms with Gasteiger partial charge < -0.3 is 4.74 Å². The standard InChI is InChI=1S/C38H29N6OP/c1-27-15-14-24-32(25-27)46(31-22-12-5-13-23-31)43-34(28-16-6-2-7-17-28)33(26-39)37(44-46)45-38-41-35(29-18-8-3-9-19-29)40-36(42-38)30-20-10-4-11-21-30/h2-24,27H,25H2,1H3. The highest BCUT2D eigenvalue weighted by molar-refractivity contribution is 7.76. The van der Waals surface area contributed by atoms with Crippen LogP contribution in [0, 0.1) is 17.2 Å². The molecule has 5 aromatic rings. The van der Waals surface area contributed by atoms with E-state index in [1.54, 1.807) is 0 Å². The lowest BCUT2D eigenvalue weighted by atomic mass is 10.0. The Bertz CT molecular complexity index is 2060. The Labute approximate surface area is 268 Å². The molecule has 46 heavy (non-hydrogen) atoms. The van der Waals surface area contributed by atoms with Crippen LogP contribution in [0.2, 0.25) is 0 Å². The normalized spacial score (nSPS) is 19.0. The molecule has 1 aliphatic heterocycles. The fraction of sp³-hybridized carbons (Fsp3) is 0.0789. The molecule has 222 valence electrons. The first kappa shape index (κ1) is 29.0. The van der Waals surface area contributed by atoms with Gasteiger partial charge in [-0.2, -0.15) is 20.0 Å². The molecule has 7 rings (SSSR count). The Morgan fingerprint density at radius 1 is 0.717 bits per heavy atom. The zero-order valence-corrected chi connectivity index (χ0v) is 26.0. The third-order valence-electron chi connectivity index (χ3n) is 7.73. The number of allylic oxidation sites excluding steroid dienone is 5. The van der Waals surface area contributed by atoms with Gasteiger partial charge in [0.1, 0.15) is 18.8 Å². The molecule has 2 aliphatic rings. The van der Waals surface area contributed by atoms with Crippen LogP contribution in [0.25, 0.3) is 22.8 Å². The minimum absolute atomic E-state index is 0.0468. The largest absolute Gasteiger partial charge is 0.404 e. The molecule has 7 nitrogen and oxygen atoms in total. The highest BCUT2D eigenvalue weighted by atomic mass is 31.2. The summed E-state index contributed by atoms with van der Waals surface area (Å²) in [5.41, 5.74) is 3.19. The van der Waals surface area contributed by atoms with Crippen molar-refractivity contribution in [2.24, 2.45) is 15.4 Å². The van der Waals surface area contributed by atoms with Crippen molar-refractivity contribution in [2.45, 2.75) is 13.3 Å². The average molecular weight is 617 g/mol. The van der Waals surface area contributed by atoms with Crippen molar-refractivity contribution in [2.75, 3.05) is 0 Å². The van der Waals surface area contributed by atoms with Gasteiger partial charge in [-0.3, -0.25) is 0 Å². The molecule has 0 saturated heterocycles. The van der Waals surface area contributed by atoms with Gasteiger partial charge in [-0.15, -0.1) is 0 Å². The van der Waals surface area contributed by atoms with E-state index in [1.165, 1.54) is 0 Å². The van der Waals surface area contributed by atoms with Crippen LogP contribution in [0.1, 0.15) is 18.9 Å². The first-order valence-electron chi connectivity index (χ1n) is 15.0. The SMILES string of the molecule is CC1C=CC=C(P2(c3ccccc3)=NC(Oc3nc(-c4ccccc4)nc(-c4ccccc4)n3)=C(C#N)C(c3ccccc3)=N2)C1. The fourth-order valence-electron chi connectivity index (χ4n) is 5.49. The van der Waals surface area contributed by atoms with Crippen LogP contribution in [0.15, 0.2) is 166 Å². The molecule has 0 saturated carbocycles. The molecule has 1 aliphatic carbocycles. The van der Waals surface area contributed by atoms with Gasteiger partial charge in [0, 0.05) is 22.0 Å². The van der Waals surface area contributed by atoms with Crippen molar-refractivity contribution in [1.29, 1.82) is 5.26 Å². The van der Waals surface area contributed by atoms with Crippen molar-refractivity contribution in [3.05, 3.63) is 162 Å². The summed E-state index contributed by atoms with van der Waals surface area (Å²) in [7, 11) is -2.84. The minimum Gasteiger partial charge on any atom is -0.404 e. The second kappa shape index (κ2) is 12.7. The minimum atomic E-state index is -2.84. The van der Waals surface area contributed by atoms with Gasteiger partial charge in [-0.1, -0.05) is 146 Å². The van der Waals surface area contributed by atoms with Crippen molar-refractivity contribution < 1.29 is 4.74 Å². The van der Waals surface area contributed by atoms with E-state index in [4.69, 9.17) is 29.2 Å². The van der Waals surface area contributed by atoms with E-state index in [0.717, 1.165) is 33.7 Å². The molecule has 0 bridgehead atoms. The predicted molar refractivity (Wildman–Crippen MR) is 183 cm³/mol. The van der Waals surface area contributed by atoms with Crippen molar-refractivity contribution >= 4 is 18.2 Å². The summed E-state index contributed by atoms with van der Waals surface area (Å²) in [6.45, 7) is 2.19. The average Bonchev–Trinajstić information content (AvgIpc) is 3.12. The van der Waals surface area contributed by atoms with Crippen LogP contribution in [0.4, 0.5) is 0 Å². The van der Waals surface area contributed by atoms with Gasteiger partial charge in [-0.05, 0) is 17.7 Å². The van der Waals surface area contributed by atoms with Gasteiger partial charge in [0.2, 0.25) is 5.88 Å². The number of hydrogen-bond acceptors (Lipinski definition) is 7. The summed E-state index contributed by atoms with van der Waals surface area (Å²) in [5.74, 6) is 1.35. The molecule has 4 aromatic carbocycles. The van der Waals surface area contributed by atoms with Crippen molar-refractivity contribution in [3.63, 3.8) is 0 Å². The molecule has 0 radical (unpaired) electrons. The summed E-state index contributed by atoms with van der Waals surface area (Å²) in [6, 6.07) is 41.6. The van der Waals surface area contributed by atoms with E-state index in [-0.39, 0.29) is 17.5 Å². The summed E-state index contributed by atoms with van der Waals surface area (Å²) < 4.78 is 17.3. The molecular formula is C38H29N6OP. The van der Waals surface area contributed by atoms with Gasteiger partial charge in [0.05, 0.1) is 5.71 Å². The van der Waals surface area contributed by atoms with Crippen LogP contribution < -0.4 is 10.0 Å². The van der Waals surface area contributed by atoms with Crippen LogP contribution in [0.3, 0.4) is 0 Å². The predicted octanol–water partition coefficient (Wildman–Crippen LogP) is 8.74. The van der Waals surface area contributed by atoms with Gasteiger partial charge in [0.15, 0.2) is 11.6 Å². The highest BCUT2D eigenvalue weighted by Gasteiger charge is 2.36. The molecule has 0 N–H and O–H groups in total. The summed E-state index contributed by atoms with van der Waals surface area (Å²) in [4.78, 5) is 14.2. The number of nitrogens with zero attached hydrogens (tertiary/aromatic N) is 6. The lowest BCUT2D eigenvalue weighted by Crippen LogP contribution is -2.18. The van der Waals surface area contributed by atoms with Crippen LogP contribution in [-0.4, -0.2) is 20.7 Å². The first-order valence-corrected chi connectivity index (χ1v) is 16.7. The second-order valence-corrected chi connectivity index (χ2v) is 13.7. The molecule has 1 aromatic heterocycles. The van der Waals surface area contributed by atoms with Crippen molar-refractivity contribution in [1.82, 2.24) is 15.0 Å². The Hall–Kier alpha value is -5.70. The molecule has 2 unspecified atom stereocenters. The van der Waals surface area contributed by atoms with Crippen LogP contribution >= 0.6 is 7.21 Å². The number of aromatic nitrogens is 3. The van der Waals surface area contributed by atoms with E-state index < -0.39 is 7.21 Å². The molecule has 0 fully saturated rings. The Morgan fingerprint density at radius 2 is 1.26 bits per heavy atom. The lowest BCUT2D eigenvalue weighted by Gasteiger charge is -2.30. The molecule has 0 spiro atoms. The zero-order valence-electron chi connectivity index (χ0n) is 25.1. The van der Waals surface area contributed by atoms with Crippen molar-refractivity contribution in [3.8, 4) is 34.9 Å². The summed E-state index contributed by atoms with van der Waals surface area (Å²) in [6.07, 6.45) is 7.17. The van der Waals surface area contributed by atoms with Gasteiger partial charge >= 0.3 is 6.01 Å². The highest BCUT2D eigenvalue weighted by Crippen LogP contribution is 2.63. The monoisotopic (exact) mass is 616 g/mol. The van der Waals surface area contributed by atoms with E-state index in [0.29, 0.717) is 23.3 Å². The Morgan fingerprint density at radius 3 is 1.80 bits per heavy atom. The maximum Gasteiger partial charge on any atom is 0.327 e. The summed E-state index contributed by atoms with van der Waals surface area (Å²) >= 11 is 0. The summed E-state index contributed by atoms with van der Waals surface area (Å²) in [5, 5.41) is 12.7. The Kier molecular flexibility index (Phi) is 8.03. The van der Waals surface area contributed by atoms with Gasteiger partial charge in [0.25, 0.3) is 0 Å². The first-order chi connectivity index (χ1) is 22.6. The topological polar surface area (TPSA) is 96.4 Å². The second-order valence-electron chi connectivity index (χ2n) is 11.0. The van der Waals surface area contributed by atoms with Crippen LogP contribution in [0.5, 0.6) is 6.01 Å². The lowest BCUT2D eigenvalue weighted by molar-refractivity contribution is 0.386. The van der Waals surface area contributed by atoms with Crippen LogP contribution in [-0.2, 0) is 0 Å². The third kappa shape index (κ3) is 5.75. The van der Waals surface area contributed by atoms with E-state index in [9.17, 15) is 5.26 Å².